The number of aromatic nitrogens is 2. The Bertz CT molecular complexity index is 1000. The van der Waals surface area contributed by atoms with Gasteiger partial charge < -0.3 is 9.63 Å². The van der Waals surface area contributed by atoms with E-state index in [4.69, 9.17) is 4.52 Å². The van der Waals surface area contributed by atoms with Gasteiger partial charge in [0.2, 0.25) is 11.7 Å². The molecule has 2 aromatic carbocycles. The Hall–Kier alpha value is -2.70. The fraction of sp³-hybridized carbons (Fsp3) is 0.417. The van der Waals surface area contributed by atoms with E-state index in [1.165, 1.54) is 11.1 Å². The molecule has 0 amide bonds. The summed E-state index contributed by atoms with van der Waals surface area (Å²) in [5.41, 5.74) is 5.53. The number of piperazine rings is 1. The van der Waals surface area contributed by atoms with Crippen LogP contribution in [0.2, 0.25) is 0 Å². The highest BCUT2D eigenvalue weighted by Crippen LogP contribution is 2.26. The molecule has 2 heterocycles. The number of hydrogen-bond donors (Lipinski definition) is 1. The standard InChI is InChI=1S/C24H30N4O2/c1-16-5-7-20(8-6-16)23-25-24(30-26-23)19(4)28-11-9-27(10-12-28)15-21-13-17(2)18(3)14-22(21)29/h5-8,13-14,19,29H,9-12,15H2,1-4H3/t19-/m1/s1. The lowest BCUT2D eigenvalue weighted by molar-refractivity contribution is 0.0841. The summed E-state index contributed by atoms with van der Waals surface area (Å²) < 4.78 is 5.58. The predicted molar refractivity (Wildman–Crippen MR) is 117 cm³/mol. The molecule has 1 aromatic heterocycles. The van der Waals surface area contributed by atoms with Crippen LogP contribution in [0.4, 0.5) is 0 Å². The average Bonchev–Trinajstić information content (AvgIpc) is 3.23. The van der Waals surface area contributed by atoms with Gasteiger partial charge in [0, 0.05) is 43.9 Å². The Kier molecular flexibility index (Phi) is 5.88. The first kappa shape index (κ1) is 20.6. The minimum atomic E-state index is 0.0777. The lowest BCUT2D eigenvalue weighted by atomic mass is 10.0. The third-order valence-electron chi connectivity index (χ3n) is 6.15. The maximum atomic E-state index is 10.3. The van der Waals surface area contributed by atoms with Crippen molar-refractivity contribution in [2.45, 2.75) is 40.3 Å². The summed E-state index contributed by atoms with van der Waals surface area (Å²) in [5.74, 6) is 1.69. The lowest BCUT2D eigenvalue weighted by Gasteiger charge is -2.36. The van der Waals surface area contributed by atoms with Crippen LogP contribution in [-0.2, 0) is 6.54 Å². The van der Waals surface area contributed by atoms with E-state index in [2.05, 4.69) is 58.9 Å². The highest BCUT2D eigenvalue weighted by Gasteiger charge is 2.26. The number of nitrogens with zero attached hydrogens (tertiary/aromatic N) is 4. The number of rotatable bonds is 5. The van der Waals surface area contributed by atoms with Crippen LogP contribution in [0.5, 0.6) is 5.75 Å². The van der Waals surface area contributed by atoms with Crippen molar-refractivity contribution < 1.29 is 9.63 Å². The van der Waals surface area contributed by atoms with Gasteiger partial charge in [-0.15, -0.1) is 0 Å². The van der Waals surface area contributed by atoms with E-state index < -0.39 is 0 Å². The monoisotopic (exact) mass is 406 g/mol. The lowest BCUT2D eigenvalue weighted by Crippen LogP contribution is -2.46. The van der Waals surface area contributed by atoms with Crippen molar-refractivity contribution in [1.29, 1.82) is 0 Å². The summed E-state index contributed by atoms with van der Waals surface area (Å²) in [6.45, 7) is 12.8. The third-order valence-corrected chi connectivity index (χ3v) is 6.15. The molecule has 0 spiro atoms. The molecular weight excluding hydrogens is 376 g/mol. The smallest absolute Gasteiger partial charge is 0.244 e. The number of aromatic hydroxyl groups is 1. The van der Waals surface area contributed by atoms with Crippen molar-refractivity contribution in [3.63, 3.8) is 0 Å². The van der Waals surface area contributed by atoms with Crippen molar-refractivity contribution in [3.8, 4) is 17.1 Å². The average molecular weight is 407 g/mol. The molecule has 6 heteroatoms. The first-order valence-corrected chi connectivity index (χ1v) is 10.6. The van der Waals surface area contributed by atoms with Crippen LogP contribution in [0, 0.1) is 20.8 Å². The molecule has 1 aliphatic rings. The second kappa shape index (κ2) is 8.58. The second-order valence-corrected chi connectivity index (χ2v) is 8.38. The summed E-state index contributed by atoms with van der Waals surface area (Å²) >= 11 is 0. The first-order chi connectivity index (χ1) is 14.4. The van der Waals surface area contributed by atoms with Gasteiger partial charge in [0.15, 0.2) is 0 Å². The normalized spacial score (nSPS) is 16.7. The van der Waals surface area contributed by atoms with Crippen LogP contribution >= 0.6 is 0 Å². The largest absolute Gasteiger partial charge is 0.508 e. The van der Waals surface area contributed by atoms with Crippen molar-refractivity contribution in [2.24, 2.45) is 0 Å². The molecule has 6 nitrogen and oxygen atoms in total. The molecule has 4 rings (SSSR count). The molecule has 1 N–H and O–H groups in total. The summed E-state index contributed by atoms with van der Waals surface area (Å²) in [6.07, 6.45) is 0. The summed E-state index contributed by atoms with van der Waals surface area (Å²) in [7, 11) is 0. The van der Waals surface area contributed by atoms with Crippen molar-refractivity contribution in [3.05, 3.63) is 64.5 Å². The molecule has 3 aromatic rings. The molecule has 0 unspecified atom stereocenters. The van der Waals surface area contributed by atoms with Gasteiger partial charge in [0.25, 0.3) is 0 Å². The van der Waals surface area contributed by atoms with Crippen molar-refractivity contribution >= 4 is 0 Å². The van der Waals surface area contributed by atoms with E-state index in [9.17, 15) is 5.11 Å². The molecule has 0 radical (unpaired) electrons. The molecule has 1 saturated heterocycles. The zero-order valence-electron chi connectivity index (χ0n) is 18.2. The maximum Gasteiger partial charge on any atom is 0.244 e. The van der Waals surface area contributed by atoms with E-state index >= 15 is 0 Å². The minimum Gasteiger partial charge on any atom is -0.508 e. The Morgan fingerprint density at radius 2 is 1.67 bits per heavy atom. The zero-order valence-corrected chi connectivity index (χ0v) is 18.2. The highest BCUT2D eigenvalue weighted by molar-refractivity contribution is 5.54. The van der Waals surface area contributed by atoms with Crippen LogP contribution in [0.3, 0.4) is 0 Å². The van der Waals surface area contributed by atoms with Crippen LogP contribution < -0.4 is 0 Å². The van der Waals surface area contributed by atoms with E-state index in [0.29, 0.717) is 17.5 Å². The van der Waals surface area contributed by atoms with E-state index in [0.717, 1.165) is 49.4 Å². The molecule has 1 fully saturated rings. The van der Waals surface area contributed by atoms with Crippen molar-refractivity contribution in [2.75, 3.05) is 26.2 Å². The predicted octanol–water partition coefficient (Wildman–Crippen LogP) is 4.25. The van der Waals surface area contributed by atoms with E-state index in [1.54, 1.807) is 0 Å². The SMILES string of the molecule is Cc1ccc(-c2noc([C@@H](C)N3CCN(Cc4cc(C)c(C)cc4O)CC3)n2)cc1. The Labute approximate surface area is 178 Å². The van der Waals surface area contributed by atoms with Crippen LogP contribution in [0.25, 0.3) is 11.4 Å². The number of hydrogen-bond acceptors (Lipinski definition) is 6. The van der Waals surface area contributed by atoms with Gasteiger partial charge in [-0.3, -0.25) is 9.80 Å². The van der Waals surface area contributed by atoms with Crippen LogP contribution in [0.1, 0.15) is 41.1 Å². The molecule has 0 bridgehead atoms. The number of phenols is 1. The highest BCUT2D eigenvalue weighted by atomic mass is 16.5. The molecule has 1 aliphatic heterocycles. The van der Waals surface area contributed by atoms with Crippen molar-refractivity contribution in [1.82, 2.24) is 19.9 Å². The third kappa shape index (κ3) is 4.40. The molecule has 158 valence electrons. The number of aryl methyl sites for hydroxylation is 3. The van der Waals surface area contributed by atoms with Crippen LogP contribution in [-0.4, -0.2) is 51.2 Å². The summed E-state index contributed by atoms with van der Waals surface area (Å²) in [5, 5.41) is 14.5. The fourth-order valence-corrected chi connectivity index (χ4v) is 3.92. The van der Waals surface area contributed by atoms with Crippen LogP contribution in [0.15, 0.2) is 40.9 Å². The van der Waals surface area contributed by atoms with Gasteiger partial charge in [-0.25, -0.2) is 0 Å². The van der Waals surface area contributed by atoms with Gasteiger partial charge in [-0.1, -0.05) is 41.1 Å². The van der Waals surface area contributed by atoms with Gasteiger partial charge in [0.05, 0.1) is 6.04 Å². The molecule has 30 heavy (non-hydrogen) atoms. The minimum absolute atomic E-state index is 0.0777. The first-order valence-electron chi connectivity index (χ1n) is 10.6. The Morgan fingerprint density at radius 1 is 1.00 bits per heavy atom. The Balaban J connectivity index is 1.36. The molecule has 0 aliphatic carbocycles. The summed E-state index contributed by atoms with van der Waals surface area (Å²) in [6, 6.07) is 12.2. The van der Waals surface area contributed by atoms with E-state index in [1.807, 2.05) is 25.1 Å². The quantitative estimate of drug-likeness (QED) is 0.683. The Morgan fingerprint density at radius 3 is 2.37 bits per heavy atom. The fourth-order valence-electron chi connectivity index (χ4n) is 3.92. The summed E-state index contributed by atoms with van der Waals surface area (Å²) in [4.78, 5) is 9.40. The van der Waals surface area contributed by atoms with Gasteiger partial charge in [-0.05, 0) is 44.9 Å². The molecular formula is C24H30N4O2. The number of benzene rings is 2. The van der Waals surface area contributed by atoms with Gasteiger partial charge in [-0.2, -0.15) is 4.98 Å². The molecule has 0 saturated carbocycles. The van der Waals surface area contributed by atoms with E-state index in [-0.39, 0.29) is 6.04 Å². The van der Waals surface area contributed by atoms with Gasteiger partial charge in [0.1, 0.15) is 5.75 Å². The zero-order chi connectivity index (χ0) is 21.3. The maximum absolute atomic E-state index is 10.3. The van der Waals surface area contributed by atoms with Gasteiger partial charge >= 0.3 is 0 Å². The topological polar surface area (TPSA) is 65.6 Å². The molecule has 1 atom stereocenters. The number of phenolic OH excluding ortho intramolecular Hbond substituents is 1. The second-order valence-electron chi connectivity index (χ2n) is 8.38.